The van der Waals surface area contributed by atoms with Gasteiger partial charge in [0.15, 0.2) is 0 Å². The van der Waals surface area contributed by atoms with E-state index in [0.29, 0.717) is 19.6 Å². The van der Waals surface area contributed by atoms with Gasteiger partial charge in [-0.05, 0) is 6.92 Å². The predicted octanol–water partition coefficient (Wildman–Crippen LogP) is -1.52. The molecule has 0 spiro atoms. The zero-order valence-electron chi connectivity index (χ0n) is 6.45. The topological polar surface area (TPSA) is 75.4 Å². The summed E-state index contributed by atoms with van der Waals surface area (Å²) in [6.07, 6.45) is 0. The molecule has 3 N–H and O–H groups in total. The Labute approximate surface area is 66.7 Å². The first-order chi connectivity index (χ1) is 5.02. The van der Waals surface area contributed by atoms with Gasteiger partial charge in [0.25, 0.3) is 10.2 Å². The number of piperazine rings is 1. The lowest BCUT2D eigenvalue weighted by molar-refractivity contribution is 0.284. The Hall–Kier alpha value is -0.170. The average molecular weight is 179 g/mol. The van der Waals surface area contributed by atoms with E-state index in [1.807, 2.05) is 6.92 Å². The minimum atomic E-state index is -3.48. The summed E-state index contributed by atoms with van der Waals surface area (Å²) >= 11 is 0. The van der Waals surface area contributed by atoms with Crippen LogP contribution in [0.25, 0.3) is 0 Å². The largest absolute Gasteiger partial charge is 0.314 e. The second kappa shape index (κ2) is 3.06. The van der Waals surface area contributed by atoms with Crippen molar-refractivity contribution in [1.29, 1.82) is 0 Å². The lowest BCUT2D eigenvalue weighted by atomic mass is 10.3. The van der Waals surface area contributed by atoms with Crippen molar-refractivity contribution in [2.75, 3.05) is 19.6 Å². The Bertz CT molecular complexity index is 226. The number of rotatable bonds is 1. The Kier molecular flexibility index (Phi) is 2.48. The van der Waals surface area contributed by atoms with E-state index in [-0.39, 0.29) is 6.04 Å². The molecule has 66 valence electrons. The molecule has 1 aliphatic heterocycles. The van der Waals surface area contributed by atoms with E-state index in [4.69, 9.17) is 5.14 Å². The molecule has 1 atom stereocenters. The summed E-state index contributed by atoms with van der Waals surface area (Å²) in [5.74, 6) is 0. The zero-order valence-corrected chi connectivity index (χ0v) is 7.26. The third kappa shape index (κ3) is 2.13. The van der Waals surface area contributed by atoms with Crippen LogP contribution in [0.1, 0.15) is 6.92 Å². The van der Waals surface area contributed by atoms with Crippen LogP contribution in [0.3, 0.4) is 0 Å². The van der Waals surface area contributed by atoms with E-state index >= 15 is 0 Å². The second-order valence-corrected chi connectivity index (χ2v) is 4.21. The van der Waals surface area contributed by atoms with Crippen LogP contribution in [0.5, 0.6) is 0 Å². The van der Waals surface area contributed by atoms with Crippen LogP contribution < -0.4 is 10.5 Å². The van der Waals surface area contributed by atoms with E-state index in [1.165, 1.54) is 4.31 Å². The molecule has 0 radical (unpaired) electrons. The van der Waals surface area contributed by atoms with Gasteiger partial charge in [-0.1, -0.05) is 0 Å². The average Bonchev–Trinajstić information content (AvgIpc) is 1.86. The minimum Gasteiger partial charge on any atom is -0.314 e. The molecule has 1 aliphatic rings. The van der Waals surface area contributed by atoms with Gasteiger partial charge in [-0.2, -0.15) is 12.7 Å². The maximum absolute atomic E-state index is 10.9. The van der Waals surface area contributed by atoms with Crippen LogP contribution in [0.4, 0.5) is 0 Å². The van der Waals surface area contributed by atoms with E-state index < -0.39 is 10.2 Å². The second-order valence-electron chi connectivity index (χ2n) is 2.71. The Morgan fingerprint density at radius 3 is 2.64 bits per heavy atom. The lowest BCUT2D eigenvalue weighted by Crippen LogP contribution is -2.54. The highest BCUT2D eigenvalue weighted by Gasteiger charge is 2.25. The summed E-state index contributed by atoms with van der Waals surface area (Å²) in [6.45, 7) is 3.66. The molecular weight excluding hydrogens is 166 g/mol. The molecule has 6 heteroatoms. The van der Waals surface area contributed by atoms with Gasteiger partial charge in [0.1, 0.15) is 0 Å². The van der Waals surface area contributed by atoms with E-state index in [9.17, 15) is 8.42 Å². The summed E-state index contributed by atoms with van der Waals surface area (Å²) in [4.78, 5) is 0. The van der Waals surface area contributed by atoms with Crippen LogP contribution in [0.2, 0.25) is 0 Å². The highest BCUT2D eigenvalue weighted by molar-refractivity contribution is 7.86. The highest BCUT2D eigenvalue weighted by Crippen LogP contribution is 2.04. The summed E-state index contributed by atoms with van der Waals surface area (Å²) in [5.41, 5.74) is 0. The SMILES string of the molecule is C[C@H]1CNCCN1S(N)(=O)=O. The van der Waals surface area contributed by atoms with Crippen molar-refractivity contribution >= 4 is 10.2 Å². The molecule has 0 aromatic rings. The van der Waals surface area contributed by atoms with Gasteiger partial charge in [-0.15, -0.1) is 0 Å². The van der Waals surface area contributed by atoms with Gasteiger partial charge in [-0.25, -0.2) is 5.14 Å². The van der Waals surface area contributed by atoms with Crippen molar-refractivity contribution < 1.29 is 8.42 Å². The maximum atomic E-state index is 10.9. The molecule has 11 heavy (non-hydrogen) atoms. The summed E-state index contributed by atoms with van der Waals surface area (Å²) in [5, 5.41) is 8.05. The number of hydrogen-bond acceptors (Lipinski definition) is 3. The number of nitrogens with one attached hydrogen (secondary N) is 1. The van der Waals surface area contributed by atoms with Crippen LogP contribution in [-0.2, 0) is 10.2 Å². The molecule has 1 fully saturated rings. The fraction of sp³-hybridized carbons (Fsp3) is 1.00. The summed E-state index contributed by atoms with van der Waals surface area (Å²) < 4.78 is 23.1. The van der Waals surface area contributed by atoms with Gasteiger partial charge in [0, 0.05) is 25.7 Å². The van der Waals surface area contributed by atoms with Crippen LogP contribution >= 0.6 is 0 Å². The van der Waals surface area contributed by atoms with Gasteiger partial charge >= 0.3 is 0 Å². The minimum absolute atomic E-state index is 0.0289. The Morgan fingerprint density at radius 2 is 2.27 bits per heavy atom. The standard InChI is InChI=1S/C5H13N3O2S/c1-5-4-7-2-3-8(5)11(6,9)10/h5,7H,2-4H2,1H3,(H2,6,9,10)/t5-/m0/s1. The third-order valence-electron chi connectivity index (χ3n) is 1.77. The molecule has 1 rings (SSSR count). The van der Waals surface area contributed by atoms with Crippen molar-refractivity contribution in [1.82, 2.24) is 9.62 Å². The van der Waals surface area contributed by atoms with Crippen molar-refractivity contribution in [3.8, 4) is 0 Å². The molecule has 1 heterocycles. The predicted molar refractivity (Wildman–Crippen MR) is 42.1 cm³/mol. The van der Waals surface area contributed by atoms with Gasteiger partial charge < -0.3 is 5.32 Å². The van der Waals surface area contributed by atoms with Crippen molar-refractivity contribution in [2.24, 2.45) is 5.14 Å². The fourth-order valence-electron chi connectivity index (χ4n) is 1.20. The first-order valence-electron chi connectivity index (χ1n) is 3.52. The molecule has 0 aromatic heterocycles. The molecule has 0 unspecified atom stereocenters. The normalized spacial score (nSPS) is 28.7. The zero-order chi connectivity index (χ0) is 8.48. The highest BCUT2D eigenvalue weighted by atomic mass is 32.2. The Morgan fingerprint density at radius 1 is 1.64 bits per heavy atom. The van der Waals surface area contributed by atoms with E-state index in [1.54, 1.807) is 0 Å². The van der Waals surface area contributed by atoms with Crippen molar-refractivity contribution in [2.45, 2.75) is 13.0 Å². The molecule has 0 bridgehead atoms. The molecular formula is C5H13N3O2S. The first-order valence-corrected chi connectivity index (χ1v) is 5.02. The molecule has 1 saturated heterocycles. The number of nitrogens with zero attached hydrogens (tertiary/aromatic N) is 1. The molecule has 0 saturated carbocycles. The molecule has 0 aromatic carbocycles. The number of nitrogens with two attached hydrogens (primary N) is 1. The van der Waals surface area contributed by atoms with Gasteiger partial charge in [0.2, 0.25) is 0 Å². The monoisotopic (exact) mass is 179 g/mol. The molecule has 5 nitrogen and oxygen atoms in total. The summed E-state index contributed by atoms with van der Waals surface area (Å²) in [6, 6.07) is -0.0289. The smallest absolute Gasteiger partial charge is 0.277 e. The van der Waals surface area contributed by atoms with Crippen molar-refractivity contribution in [3.63, 3.8) is 0 Å². The van der Waals surface area contributed by atoms with E-state index in [0.717, 1.165) is 0 Å². The van der Waals surface area contributed by atoms with Gasteiger partial charge in [0.05, 0.1) is 0 Å². The molecule has 0 amide bonds. The van der Waals surface area contributed by atoms with E-state index in [2.05, 4.69) is 5.32 Å². The van der Waals surface area contributed by atoms with Crippen LogP contribution in [-0.4, -0.2) is 38.4 Å². The Balaban J connectivity index is 2.70. The quantitative estimate of drug-likeness (QED) is 0.513. The molecule has 0 aliphatic carbocycles. The maximum Gasteiger partial charge on any atom is 0.277 e. The van der Waals surface area contributed by atoms with Crippen LogP contribution in [0, 0.1) is 0 Å². The first kappa shape index (κ1) is 8.92. The third-order valence-corrected chi connectivity index (χ3v) is 2.96. The van der Waals surface area contributed by atoms with Gasteiger partial charge in [-0.3, -0.25) is 0 Å². The van der Waals surface area contributed by atoms with Crippen LogP contribution in [0.15, 0.2) is 0 Å². The number of hydrogen-bond donors (Lipinski definition) is 2. The lowest BCUT2D eigenvalue weighted by Gasteiger charge is -2.30. The summed E-state index contributed by atoms with van der Waals surface area (Å²) in [7, 11) is -3.48. The van der Waals surface area contributed by atoms with Crippen molar-refractivity contribution in [3.05, 3.63) is 0 Å². The fourth-order valence-corrected chi connectivity index (χ4v) is 2.12.